The molecule has 11 nitrogen and oxygen atoms in total. The quantitative estimate of drug-likeness (QED) is 0.0901. The molecule has 0 unspecified atom stereocenters. The number of carbonyl (C=O) groups excluding carboxylic acids is 4. The Bertz CT molecular complexity index is 1670. The predicted molar refractivity (Wildman–Crippen MR) is 227 cm³/mol. The number of hydrazine groups is 1. The van der Waals surface area contributed by atoms with Gasteiger partial charge in [0.15, 0.2) is 0 Å². The topological polar surface area (TPSA) is 138 Å². The number of methoxy groups -OCH3 is 1. The molecule has 0 aromatic heterocycles. The van der Waals surface area contributed by atoms with Crippen molar-refractivity contribution in [2.24, 2.45) is 11.8 Å². The second kappa shape index (κ2) is 20.8. The number of nitrogens with zero attached hydrogens (tertiary/aromatic N) is 1. The van der Waals surface area contributed by atoms with Gasteiger partial charge in [-0.15, -0.1) is 6.58 Å². The number of nitrogens with one attached hydrogen (secondary N) is 4. The number of hydrogen-bond donors (Lipinski definition) is 4. The van der Waals surface area contributed by atoms with E-state index in [9.17, 15) is 19.2 Å². The smallest absolute Gasteiger partial charge is 0.259 e. The zero-order valence-corrected chi connectivity index (χ0v) is 36.4. The minimum absolute atomic E-state index is 0.0195. The molecule has 0 spiro atoms. The lowest BCUT2D eigenvalue weighted by molar-refractivity contribution is -0.144. The molecule has 4 amide bonds. The maximum absolute atomic E-state index is 14.5. The van der Waals surface area contributed by atoms with Crippen LogP contribution in [0.25, 0.3) is 6.08 Å². The molecule has 0 bridgehead atoms. The summed E-state index contributed by atoms with van der Waals surface area (Å²) in [6, 6.07) is 12.6. The van der Waals surface area contributed by atoms with Crippen molar-refractivity contribution in [2.45, 2.75) is 129 Å². The van der Waals surface area contributed by atoms with Crippen molar-refractivity contribution >= 4 is 38.0 Å². The number of rotatable bonds is 19. The minimum atomic E-state index is -2.16. The molecule has 6 atom stereocenters. The lowest BCUT2D eigenvalue weighted by Gasteiger charge is -2.37. The Kier molecular flexibility index (Phi) is 17.1. The Balaban J connectivity index is 1.88. The normalized spacial score (nSPS) is 17.5. The van der Waals surface area contributed by atoms with Crippen LogP contribution in [0.15, 0.2) is 67.8 Å². The van der Waals surface area contributed by atoms with Crippen LogP contribution in [-0.4, -0.2) is 74.8 Å². The van der Waals surface area contributed by atoms with E-state index in [0.717, 1.165) is 16.7 Å². The molecule has 2 aromatic rings. The Morgan fingerprint density at radius 1 is 0.982 bits per heavy atom. The monoisotopic (exact) mass is 789 g/mol. The molecule has 0 aliphatic carbocycles. The summed E-state index contributed by atoms with van der Waals surface area (Å²) in [4.78, 5) is 55.6. The van der Waals surface area contributed by atoms with Crippen LogP contribution in [0.1, 0.15) is 96.9 Å². The molecule has 1 heterocycles. The minimum Gasteiger partial charge on any atom is -0.543 e. The van der Waals surface area contributed by atoms with E-state index in [1.54, 1.807) is 26.2 Å². The summed E-state index contributed by atoms with van der Waals surface area (Å²) in [5.41, 5.74) is 5.86. The molecule has 1 saturated heterocycles. The Morgan fingerprint density at radius 3 is 2.30 bits per heavy atom. The van der Waals surface area contributed by atoms with Crippen LogP contribution in [0.4, 0.5) is 0 Å². The number of benzene rings is 2. The lowest BCUT2D eigenvalue weighted by atomic mass is 9.96. The third-order valence-electron chi connectivity index (χ3n) is 11.1. The average molecular weight is 790 g/mol. The van der Waals surface area contributed by atoms with Gasteiger partial charge in [0.25, 0.3) is 5.91 Å². The molecular formula is C44H67N5O6Si. The molecule has 56 heavy (non-hydrogen) atoms. The molecule has 12 heteroatoms. The van der Waals surface area contributed by atoms with Gasteiger partial charge in [-0.3, -0.25) is 24.2 Å². The van der Waals surface area contributed by atoms with Crippen LogP contribution < -0.4 is 25.8 Å². The first kappa shape index (κ1) is 46.1. The Hall–Kier alpha value is -4.26. The van der Waals surface area contributed by atoms with Gasteiger partial charge in [0.1, 0.15) is 23.9 Å². The van der Waals surface area contributed by atoms with E-state index in [1.165, 1.54) is 5.01 Å². The molecule has 0 saturated carbocycles. The average Bonchev–Trinajstić information content (AvgIpc) is 3.15. The molecular weight excluding hydrogens is 723 g/mol. The number of carbonyl (C=O) groups is 4. The van der Waals surface area contributed by atoms with Gasteiger partial charge in [-0.2, -0.15) is 0 Å². The van der Waals surface area contributed by atoms with Crippen LogP contribution >= 0.6 is 0 Å². The van der Waals surface area contributed by atoms with Gasteiger partial charge in [-0.25, -0.2) is 5.43 Å². The van der Waals surface area contributed by atoms with E-state index in [1.807, 2.05) is 69.3 Å². The fourth-order valence-corrected chi connectivity index (χ4v) is 7.42. The zero-order chi connectivity index (χ0) is 41.8. The third kappa shape index (κ3) is 12.9. The summed E-state index contributed by atoms with van der Waals surface area (Å²) in [7, 11) is -0.595. The van der Waals surface area contributed by atoms with E-state index in [2.05, 4.69) is 68.4 Å². The first-order valence-electron chi connectivity index (χ1n) is 19.9. The van der Waals surface area contributed by atoms with Gasteiger partial charge >= 0.3 is 0 Å². The van der Waals surface area contributed by atoms with Crippen molar-refractivity contribution < 1.29 is 28.3 Å². The molecule has 0 radical (unpaired) electrons. The van der Waals surface area contributed by atoms with E-state index >= 15 is 0 Å². The van der Waals surface area contributed by atoms with Gasteiger partial charge in [-0.05, 0) is 91.5 Å². The largest absolute Gasteiger partial charge is 0.543 e. The molecule has 4 N–H and O–H groups in total. The molecule has 3 rings (SSSR count). The predicted octanol–water partition coefficient (Wildman–Crippen LogP) is 6.87. The Labute approximate surface area is 336 Å². The highest BCUT2D eigenvalue weighted by molar-refractivity contribution is 6.74. The molecule has 1 aliphatic rings. The van der Waals surface area contributed by atoms with Crippen molar-refractivity contribution in [2.75, 3.05) is 13.7 Å². The highest BCUT2D eigenvalue weighted by atomic mass is 28.4. The van der Waals surface area contributed by atoms with Gasteiger partial charge in [0, 0.05) is 20.1 Å². The summed E-state index contributed by atoms with van der Waals surface area (Å²) >= 11 is 0. The van der Waals surface area contributed by atoms with Crippen molar-refractivity contribution in [3.63, 3.8) is 0 Å². The summed E-state index contributed by atoms with van der Waals surface area (Å²) in [5.74, 6) is -1.51. The van der Waals surface area contributed by atoms with E-state index in [4.69, 9.17) is 9.16 Å². The maximum atomic E-state index is 14.5. The van der Waals surface area contributed by atoms with Gasteiger partial charge < -0.3 is 25.1 Å². The highest BCUT2D eigenvalue weighted by Gasteiger charge is 2.39. The molecule has 2 aromatic carbocycles. The summed E-state index contributed by atoms with van der Waals surface area (Å²) in [6.07, 6.45) is 5.77. The maximum Gasteiger partial charge on any atom is 0.259 e. The number of ether oxygens (including phenoxy) is 1. The summed E-state index contributed by atoms with van der Waals surface area (Å²) in [5, 5.41) is 10.4. The first-order chi connectivity index (χ1) is 26.3. The Morgan fingerprint density at radius 2 is 1.68 bits per heavy atom. The second-order valence-corrected chi connectivity index (χ2v) is 21.6. The fraction of sp³-hybridized carbons (Fsp3) is 0.545. The van der Waals surface area contributed by atoms with Gasteiger partial charge in [-0.1, -0.05) is 90.6 Å². The first-order valence-corrected chi connectivity index (χ1v) is 22.8. The van der Waals surface area contributed by atoms with Crippen LogP contribution in [0.3, 0.4) is 0 Å². The number of amides is 4. The van der Waals surface area contributed by atoms with Crippen LogP contribution in [0.2, 0.25) is 18.1 Å². The molecule has 1 fully saturated rings. The second-order valence-electron chi connectivity index (χ2n) is 16.9. The lowest BCUT2D eigenvalue weighted by Crippen LogP contribution is -2.63. The van der Waals surface area contributed by atoms with Crippen molar-refractivity contribution in [1.82, 2.24) is 26.4 Å². The molecule has 1 aliphatic heterocycles. The standard InChI is InChI=1S/C44H67N5O6Si/c1-13-15-24-38(54-10)30(5)40(50)47-39(29(3)4)42(52)46-37(28-33-20-17-22-35(27-33)55-56(11,12)44(7,8)9)43(53)49-25-18-23-36(48-49)41(51)45-31(6)34-21-16-19-32(14-2)26-34/h13-14,16-17,19-22,26-27,29-31,36-39,48H,1-2,15,18,23-25,28H2,3-12H3,(H,45,51)(H,46,52)(H,47,50)/t30-,31-,36+,37+,38-,39+/m1/s1. The van der Waals surface area contributed by atoms with E-state index in [0.29, 0.717) is 38.0 Å². The number of allylic oxidation sites excluding steroid dienone is 1. The summed E-state index contributed by atoms with van der Waals surface area (Å²) in [6.45, 7) is 26.2. The highest BCUT2D eigenvalue weighted by Crippen LogP contribution is 2.37. The van der Waals surface area contributed by atoms with Crippen LogP contribution in [0.5, 0.6) is 5.75 Å². The van der Waals surface area contributed by atoms with Gasteiger partial charge in [0.2, 0.25) is 26.0 Å². The van der Waals surface area contributed by atoms with Crippen molar-refractivity contribution in [3.8, 4) is 5.75 Å². The van der Waals surface area contributed by atoms with Crippen LogP contribution in [-0.2, 0) is 30.3 Å². The van der Waals surface area contributed by atoms with Crippen molar-refractivity contribution in [1.29, 1.82) is 0 Å². The zero-order valence-electron chi connectivity index (χ0n) is 35.4. The molecule has 308 valence electrons. The van der Waals surface area contributed by atoms with Crippen molar-refractivity contribution in [3.05, 3.63) is 84.5 Å². The van der Waals surface area contributed by atoms with Crippen LogP contribution in [0, 0.1) is 11.8 Å². The SMILES string of the molecule is C=CCC[C@@H](OC)[C@@H](C)C(=O)N[C@H](C(=O)N[C@@H](Cc1cccc(O[Si](C)(C)C(C)(C)C)c1)C(=O)N1CCC[C@@H](C(=O)N[C@H](C)c2cccc(C=C)c2)N1)C(C)C. The van der Waals surface area contributed by atoms with Gasteiger partial charge in [0.05, 0.1) is 18.1 Å². The number of hydrogen-bond acceptors (Lipinski definition) is 7. The van der Waals surface area contributed by atoms with E-state index < -0.39 is 38.3 Å². The fourth-order valence-electron chi connectivity index (χ4n) is 6.40. The van der Waals surface area contributed by atoms with E-state index in [-0.39, 0.29) is 47.2 Å². The third-order valence-corrected chi connectivity index (χ3v) is 15.4. The summed E-state index contributed by atoms with van der Waals surface area (Å²) < 4.78 is 12.2.